The zero-order valence-corrected chi connectivity index (χ0v) is 9.39. The molecular weight excluding hydrogens is 175 g/mol. The molecule has 0 aromatic carbocycles. The lowest BCUT2D eigenvalue weighted by atomic mass is 10.9. The van der Waals surface area contributed by atoms with Gasteiger partial charge < -0.3 is 0 Å². The molecule has 74 valence electrons. The zero-order chi connectivity index (χ0) is 9.45. The molecule has 0 aliphatic heterocycles. The van der Waals surface area contributed by atoms with Gasteiger partial charge in [0.1, 0.15) is 6.16 Å². The quantitative estimate of drug-likeness (QED) is 0.584. The summed E-state index contributed by atoms with van der Waals surface area (Å²) in [6.07, 6.45) is 0.822. The molecule has 0 aliphatic rings. The van der Waals surface area contributed by atoms with E-state index in [0.29, 0.717) is 19.8 Å². The molecule has 0 N–H and O–H groups in total. The van der Waals surface area contributed by atoms with Gasteiger partial charge in [-0.15, -0.1) is 0 Å². The van der Waals surface area contributed by atoms with E-state index in [-0.39, 0.29) is 0 Å². The van der Waals surface area contributed by atoms with E-state index in [1.807, 2.05) is 27.7 Å². The molecule has 0 saturated heterocycles. The Labute approximate surface area is 76.0 Å². The molecule has 0 fully saturated rings. The van der Waals surface area contributed by atoms with Crippen molar-refractivity contribution < 1.29 is 13.6 Å². The van der Waals surface area contributed by atoms with Gasteiger partial charge in [-0.05, 0) is 27.7 Å². The molecular formula is C8H20O3P+. The molecule has 0 atom stereocenters. The summed E-state index contributed by atoms with van der Waals surface area (Å²) in [5.41, 5.74) is 0. The third-order valence-electron chi connectivity index (χ3n) is 1.36. The molecule has 0 spiro atoms. The van der Waals surface area contributed by atoms with E-state index < -0.39 is 7.94 Å². The second-order valence-electron chi connectivity index (χ2n) is 2.18. The minimum absolute atomic E-state index is 0.654. The van der Waals surface area contributed by atoms with Gasteiger partial charge in [-0.2, -0.15) is 13.6 Å². The number of hydrogen-bond acceptors (Lipinski definition) is 3. The van der Waals surface area contributed by atoms with Gasteiger partial charge in [0, 0.05) is 0 Å². The van der Waals surface area contributed by atoms with Crippen LogP contribution in [-0.4, -0.2) is 26.0 Å². The first-order valence-electron chi connectivity index (χ1n) is 4.56. The Hall–Kier alpha value is 0.310. The van der Waals surface area contributed by atoms with Crippen molar-refractivity contribution in [3.8, 4) is 0 Å². The van der Waals surface area contributed by atoms with Gasteiger partial charge in [0.15, 0.2) is 0 Å². The summed E-state index contributed by atoms with van der Waals surface area (Å²) in [5.74, 6) is 0. The van der Waals surface area contributed by atoms with Crippen molar-refractivity contribution in [1.82, 2.24) is 0 Å². The predicted molar refractivity (Wildman–Crippen MR) is 52.3 cm³/mol. The van der Waals surface area contributed by atoms with Crippen molar-refractivity contribution in [3.05, 3.63) is 0 Å². The maximum absolute atomic E-state index is 5.53. The predicted octanol–water partition coefficient (Wildman–Crippen LogP) is 2.88. The van der Waals surface area contributed by atoms with Gasteiger partial charge in [0.25, 0.3) is 0 Å². The minimum atomic E-state index is -1.98. The van der Waals surface area contributed by atoms with Gasteiger partial charge >= 0.3 is 7.94 Å². The zero-order valence-electron chi connectivity index (χ0n) is 8.50. The summed E-state index contributed by atoms with van der Waals surface area (Å²) in [5, 5.41) is 0. The van der Waals surface area contributed by atoms with Gasteiger partial charge in [0.2, 0.25) is 0 Å². The second-order valence-corrected chi connectivity index (χ2v) is 4.81. The van der Waals surface area contributed by atoms with E-state index in [1.54, 1.807) is 0 Å². The van der Waals surface area contributed by atoms with E-state index in [2.05, 4.69) is 0 Å². The Kier molecular flexibility index (Phi) is 6.96. The molecule has 0 rings (SSSR count). The van der Waals surface area contributed by atoms with Crippen LogP contribution in [0.5, 0.6) is 0 Å². The van der Waals surface area contributed by atoms with E-state index >= 15 is 0 Å². The van der Waals surface area contributed by atoms with Crippen molar-refractivity contribution in [2.24, 2.45) is 0 Å². The summed E-state index contributed by atoms with van der Waals surface area (Å²) in [6.45, 7) is 9.88. The first-order chi connectivity index (χ1) is 5.74. The summed E-state index contributed by atoms with van der Waals surface area (Å²) in [7, 11) is -1.98. The second kappa shape index (κ2) is 6.79. The van der Waals surface area contributed by atoms with Crippen molar-refractivity contribution in [2.75, 3.05) is 26.0 Å². The topological polar surface area (TPSA) is 27.7 Å². The Morgan fingerprint density at radius 3 is 1.25 bits per heavy atom. The fourth-order valence-electron chi connectivity index (χ4n) is 0.976. The third-order valence-corrected chi connectivity index (χ3v) is 4.09. The van der Waals surface area contributed by atoms with Crippen LogP contribution in [0.3, 0.4) is 0 Å². The van der Waals surface area contributed by atoms with Crippen LogP contribution in [0.25, 0.3) is 0 Å². The maximum atomic E-state index is 5.53. The minimum Gasteiger partial charge on any atom is -0.178 e. The first kappa shape index (κ1) is 12.3. The van der Waals surface area contributed by atoms with E-state index in [1.165, 1.54) is 0 Å². The molecule has 0 amide bonds. The fourth-order valence-corrected chi connectivity index (χ4v) is 2.93. The van der Waals surface area contributed by atoms with Gasteiger partial charge in [-0.25, -0.2) is 0 Å². The molecule has 0 aromatic heterocycles. The van der Waals surface area contributed by atoms with Crippen LogP contribution in [-0.2, 0) is 13.6 Å². The van der Waals surface area contributed by atoms with Crippen LogP contribution in [0.4, 0.5) is 0 Å². The van der Waals surface area contributed by atoms with Crippen molar-refractivity contribution in [1.29, 1.82) is 0 Å². The van der Waals surface area contributed by atoms with Gasteiger partial charge in [0.05, 0.1) is 19.8 Å². The highest BCUT2D eigenvalue weighted by molar-refractivity contribution is 7.61. The molecule has 3 nitrogen and oxygen atoms in total. The molecule has 0 saturated carbocycles. The molecule has 0 unspecified atom stereocenters. The molecule has 0 aliphatic carbocycles. The lowest BCUT2D eigenvalue weighted by molar-refractivity contribution is 0.152. The Bertz CT molecular complexity index is 91.5. The van der Waals surface area contributed by atoms with Crippen molar-refractivity contribution in [3.63, 3.8) is 0 Å². The SMILES string of the molecule is CCO[P+](CC)(OCC)OCC. The molecule has 0 heterocycles. The van der Waals surface area contributed by atoms with Crippen LogP contribution in [0.15, 0.2) is 0 Å². The smallest absolute Gasteiger partial charge is 0.178 e. The summed E-state index contributed by atoms with van der Waals surface area (Å²) >= 11 is 0. The van der Waals surface area contributed by atoms with E-state index in [4.69, 9.17) is 13.6 Å². The molecule has 0 bridgehead atoms. The van der Waals surface area contributed by atoms with Crippen LogP contribution in [0, 0.1) is 0 Å². The highest BCUT2D eigenvalue weighted by Gasteiger charge is 2.41. The Balaban J connectivity index is 4.06. The average Bonchev–Trinajstić information content (AvgIpc) is 2.06. The lowest BCUT2D eigenvalue weighted by Crippen LogP contribution is -2.09. The monoisotopic (exact) mass is 195 g/mol. The lowest BCUT2D eigenvalue weighted by Gasteiger charge is -2.18. The third kappa shape index (κ3) is 3.81. The summed E-state index contributed by atoms with van der Waals surface area (Å²) in [6, 6.07) is 0. The molecule has 12 heavy (non-hydrogen) atoms. The van der Waals surface area contributed by atoms with Crippen LogP contribution >= 0.6 is 7.94 Å². The normalized spacial score (nSPS) is 12.0. The van der Waals surface area contributed by atoms with Crippen molar-refractivity contribution >= 4 is 7.94 Å². The van der Waals surface area contributed by atoms with Crippen LogP contribution in [0.2, 0.25) is 0 Å². The highest BCUT2D eigenvalue weighted by Crippen LogP contribution is 2.61. The number of rotatable bonds is 7. The van der Waals surface area contributed by atoms with Crippen molar-refractivity contribution in [2.45, 2.75) is 27.7 Å². The first-order valence-corrected chi connectivity index (χ1v) is 6.29. The standard InChI is InChI=1S/C8H20O3P/c1-5-9-12(8-4,10-6-2)11-7-3/h5-8H2,1-4H3/q+1. The van der Waals surface area contributed by atoms with Crippen LogP contribution < -0.4 is 0 Å². The van der Waals surface area contributed by atoms with Gasteiger partial charge in [-0.3, -0.25) is 0 Å². The summed E-state index contributed by atoms with van der Waals surface area (Å²) in [4.78, 5) is 0. The van der Waals surface area contributed by atoms with E-state index in [9.17, 15) is 0 Å². The highest BCUT2D eigenvalue weighted by atomic mass is 31.2. The Morgan fingerprint density at radius 1 is 0.750 bits per heavy atom. The number of hydrogen-bond donors (Lipinski definition) is 0. The summed E-state index contributed by atoms with van der Waals surface area (Å²) < 4.78 is 16.6. The Morgan fingerprint density at radius 2 is 1.08 bits per heavy atom. The molecule has 4 heteroatoms. The van der Waals surface area contributed by atoms with Gasteiger partial charge in [-0.1, -0.05) is 0 Å². The van der Waals surface area contributed by atoms with E-state index in [0.717, 1.165) is 6.16 Å². The average molecular weight is 195 g/mol. The largest absolute Gasteiger partial charge is 0.411 e. The van der Waals surface area contributed by atoms with Crippen LogP contribution in [0.1, 0.15) is 27.7 Å². The molecule has 0 aromatic rings. The maximum Gasteiger partial charge on any atom is 0.411 e. The fraction of sp³-hybridized carbons (Fsp3) is 1.00. The molecule has 0 radical (unpaired) electrons.